The van der Waals surface area contributed by atoms with Gasteiger partial charge in [-0.3, -0.25) is 4.72 Å². The summed E-state index contributed by atoms with van der Waals surface area (Å²) in [4.78, 5) is 12.6. The van der Waals surface area contributed by atoms with Crippen LogP contribution >= 0.6 is 0 Å². The molecule has 0 aromatic heterocycles. The van der Waals surface area contributed by atoms with Crippen LogP contribution in [0.5, 0.6) is 11.5 Å². The molecule has 0 heterocycles. The van der Waals surface area contributed by atoms with Gasteiger partial charge in [0.2, 0.25) is 10.0 Å². The van der Waals surface area contributed by atoms with Gasteiger partial charge in [0.05, 0.1) is 31.3 Å². The van der Waals surface area contributed by atoms with Crippen LogP contribution in [0, 0.1) is 19.8 Å². The highest BCUT2D eigenvalue weighted by Crippen LogP contribution is 2.44. The van der Waals surface area contributed by atoms with E-state index in [1.165, 1.54) is 7.11 Å². The number of carbonyl (C=O) groups is 1. The number of aliphatic carboxylic acids is 1. The second-order valence-corrected chi connectivity index (χ2v) is 12.8. The van der Waals surface area contributed by atoms with Gasteiger partial charge >= 0.3 is 5.97 Å². The summed E-state index contributed by atoms with van der Waals surface area (Å²) in [5.74, 6) is 0.0997. The molecule has 9 heteroatoms. The van der Waals surface area contributed by atoms with Crippen molar-refractivity contribution < 1.29 is 32.5 Å². The van der Waals surface area contributed by atoms with Gasteiger partial charge in [-0.15, -0.1) is 0 Å². The highest BCUT2D eigenvalue weighted by molar-refractivity contribution is 7.92. The maximum atomic E-state index is 13.2. The highest BCUT2D eigenvalue weighted by Gasteiger charge is 2.34. The van der Waals surface area contributed by atoms with Crippen molar-refractivity contribution >= 4 is 21.7 Å². The maximum Gasteiger partial charge on any atom is 0.337 e. The molecule has 0 spiro atoms. The van der Waals surface area contributed by atoms with Gasteiger partial charge in [0.15, 0.2) is 6.10 Å². The molecule has 1 unspecified atom stereocenters. The Balaban J connectivity index is 2.21. The molecule has 1 fully saturated rings. The monoisotopic (exact) mass is 547 g/mol. The first-order valence-electron chi connectivity index (χ1n) is 13.0. The van der Waals surface area contributed by atoms with Crippen LogP contribution in [0.2, 0.25) is 0 Å². The van der Waals surface area contributed by atoms with Crippen LogP contribution in [-0.4, -0.2) is 45.1 Å². The van der Waals surface area contributed by atoms with Gasteiger partial charge in [-0.25, -0.2) is 13.2 Å². The van der Waals surface area contributed by atoms with E-state index in [0.29, 0.717) is 45.0 Å². The van der Waals surface area contributed by atoms with Crippen molar-refractivity contribution in [3.8, 4) is 22.6 Å². The fourth-order valence-corrected chi connectivity index (χ4v) is 6.78. The second-order valence-electron chi connectivity index (χ2n) is 11.1. The van der Waals surface area contributed by atoms with E-state index in [4.69, 9.17) is 14.2 Å². The molecule has 0 aliphatic heterocycles. The van der Waals surface area contributed by atoms with Crippen molar-refractivity contribution in [1.82, 2.24) is 0 Å². The summed E-state index contributed by atoms with van der Waals surface area (Å²) in [6, 6.07) is 7.07. The summed E-state index contributed by atoms with van der Waals surface area (Å²) in [5, 5.41) is 10.3. The minimum absolute atomic E-state index is 0.0513. The standard InChI is InChI=1S/C29H41NO7S/c1-18-15-23(30-38(33,34)17-20-11-9-8-10-12-20)19(2)26(27(28(31)32)37-29(3,4)5)25(18)22-14-13-21(35-6)16-24(22)36-7/h13-16,20,27,30H,8-12,17H2,1-7H3,(H,31,32). The fraction of sp³-hybridized carbons (Fsp3) is 0.552. The van der Waals surface area contributed by atoms with Crippen LogP contribution in [0.4, 0.5) is 5.69 Å². The number of carboxylic acid groups (broad SMARTS) is 1. The largest absolute Gasteiger partial charge is 0.497 e. The molecule has 0 saturated heterocycles. The van der Waals surface area contributed by atoms with Crippen LogP contribution in [0.15, 0.2) is 24.3 Å². The van der Waals surface area contributed by atoms with Gasteiger partial charge in [-0.2, -0.15) is 0 Å². The first-order chi connectivity index (χ1) is 17.8. The third kappa shape index (κ3) is 7.20. The SMILES string of the molecule is COc1ccc(-c2c(C)cc(NS(=O)(=O)CC3CCCCC3)c(C)c2C(OC(C)(C)C)C(=O)O)c(OC)c1. The Morgan fingerprint density at radius 1 is 1.08 bits per heavy atom. The van der Waals surface area contributed by atoms with Gasteiger partial charge in [0.1, 0.15) is 11.5 Å². The zero-order valence-electron chi connectivity index (χ0n) is 23.5. The summed E-state index contributed by atoms with van der Waals surface area (Å²) in [5.41, 5.74) is 2.42. The molecule has 0 radical (unpaired) electrons. The topological polar surface area (TPSA) is 111 Å². The Morgan fingerprint density at radius 3 is 2.29 bits per heavy atom. The van der Waals surface area contributed by atoms with Gasteiger partial charge in [-0.1, -0.05) is 19.3 Å². The van der Waals surface area contributed by atoms with E-state index in [-0.39, 0.29) is 11.7 Å². The Bertz CT molecular complexity index is 1260. The van der Waals surface area contributed by atoms with Crippen molar-refractivity contribution in [1.29, 1.82) is 0 Å². The lowest BCUT2D eigenvalue weighted by Gasteiger charge is -2.30. The normalized spacial score (nSPS) is 15.7. The molecule has 1 saturated carbocycles. The maximum absolute atomic E-state index is 13.2. The van der Waals surface area contributed by atoms with Crippen LogP contribution < -0.4 is 14.2 Å². The fourth-order valence-electron chi connectivity index (χ4n) is 5.20. The molecule has 2 N–H and O–H groups in total. The Hall–Kier alpha value is -2.78. The molecular weight excluding hydrogens is 506 g/mol. The molecule has 0 amide bonds. The van der Waals surface area contributed by atoms with E-state index in [9.17, 15) is 18.3 Å². The lowest BCUT2D eigenvalue weighted by Crippen LogP contribution is -2.29. The number of carboxylic acids is 1. The quantitative estimate of drug-likeness (QED) is 0.362. The van der Waals surface area contributed by atoms with E-state index < -0.39 is 27.7 Å². The molecule has 2 aromatic carbocycles. The second kappa shape index (κ2) is 11.9. The third-order valence-electron chi connectivity index (χ3n) is 6.91. The molecule has 8 nitrogen and oxygen atoms in total. The highest BCUT2D eigenvalue weighted by atomic mass is 32.2. The Kier molecular flexibility index (Phi) is 9.36. The van der Waals surface area contributed by atoms with Gasteiger partial charge in [0, 0.05) is 17.2 Å². The summed E-state index contributed by atoms with van der Waals surface area (Å²) in [6.07, 6.45) is 3.70. The number of sulfonamides is 1. The smallest absolute Gasteiger partial charge is 0.337 e. The van der Waals surface area contributed by atoms with Gasteiger partial charge < -0.3 is 19.3 Å². The Labute approximate surface area is 226 Å². The van der Waals surface area contributed by atoms with E-state index in [1.807, 2.05) is 13.0 Å². The number of methoxy groups -OCH3 is 2. The van der Waals surface area contributed by atoms with Crippen LogP contribution in [0.1, 0.15) is 75.7 Å². The van der Waals surface area contributed by atoms with Crippen molar-refractivity contribution in [3.63, 3.8) is 0 Å². The van der Waals surface area contributed by atoms with E-state index in [2.05, 4.69) is 4.72 Å². The van der Waals surface area contributed by atoms with Gasteiger partial charge in [0.25, 0.3) is 0 Å². The van der Waals surface area contributed by atoms with E-state index in [0.717, 1.165) is 32.1 Å². The summed E-state index contributed by atoms with van der Waals surface area (Å²) >= 11 is 0. The summed E-state index contributed by atoms with van der Waals surface area (Å²) < 4.78 is 46.2. The number of rotatable bonds is 10. The van der Waals surface area contributed by atoms with E-state index >= 15 is 0 Å². The molecule has 2 aromatic rings. The summed E-state index contributed by atoms with van der Waals surface area (Å²) in [7, 11) is -0.558. The zero-order valence-corrected chi connectivity index (χ0v) is 24.3. The first-order valence-corrected chi connectivity index (χ1v) is 14.7. The van der Waals surface area contributed by atoms with Crippen molar-refractivity contribution in [2.45, 2.75) is 78.4 Å². The van der Waals surface area contributed by atoms with Crippen LogP contribution in [0.3, 0.4) is 0 Å². The average molecular weight is 548 g/mol. The first kappa shape index (κ1) is 29.8. The van der Waals surface area contributed by atoms with Gasteiger partial charge in [-0.05, 0) is 88.3 Å². The number of hydrogen-bond donors (Lipinski definition) is 2. The molecule has 1 aliphatic rings. The Morgan fingerprint density at radius 2 is 1.74 bits per heavy atom. The number of benzene rings is 2. The minimum Gasteiger partial charge on any atom is -0.497 e. The summed E-state index contributed by atoms with van der Waals surface area (Å²) in [6.45, 7) is 8.92. The number of anilines is 1. The predicted molar refractivity (Wildman–Crippen MR) is 150 cm³/mol. The number of hydrogen-bond acceptors (Lipinski definition) is 6. The minimum atomic E-state index is -3.65. The lowest BCUT2D eigenvalue weighted by molar-refractivity contribution is -0.160. The molecule has 210 valence electrons. The van der Waals surface area contributed by atoms with Crippen molar-refractivity contribution in [2.24, 2.45) is 5.92 Å². The molecule has 1 atom stereocenters. The van der Waals surface area contributed by atoms with E-state index in [1.54, 1.807) is 53.0 Å². The molecule has 0 bridgehead atoms. The average Bonchev–Trinajstić information content (AvgIpc) is 2.83. The van der Waals surface area contributed by atoms with Crippen LogP contribution in [-0.2, 0) is 19.6 Å². The predicted octanol–water partition coefficient (Wildman–Crippen LogP) is 6.25. The molecular formula is C29H41NO7S. The third-order valence-corrected chi connectivity index (χ3v) is 8.35. The van der Waals surface area contributed by atoms with Crippen molar-refractivity contribution in [2.75, 3.05) is 24.7 Å². The number of nitrogens with one attached hydrogen (secondary N) is 1. The molecule has 1 aliphatic carbocycles. The lowest BCUT2D eigenvalue weighted by atomic mass is 9.87. The zero-order chi connectivity index (χ0) is 28.3. The van der Waals surface area contributed by atoms with Crippen molar-refractivity contribution in [3.05, 3.63) is 41.0 Å². The number of ether oxygens (including phenoxy) is 3. The molecule has 38 heavy (non-hydrogen) atoms. The number of aryl methyl sites for hydroxylation is 1. The molecule has 3 rings (SSSR count). The van der Waals surface area contributed by atoms with Crippen LogP contribution in [0.25, 0.3) is 11.1 Å².